The number of halogens is 1. The molecule has 2 fully saturated rings. The van der Waals surface area contributed by atoms with Gasteiger partial charge >= 0.3 is 5.97 Å². The number of carbonyl (C=O) groups excluding carboxylic acids is 1. The van der Waals surface area contributed by atoms with Gasteiger partial charge < -0.3 is 9.84 Å². The molecule has 1 N–H and O–H groups in total. The highest BCUT2D eigenvalue weighted by molar-refractivity contribution is 5.85. The molecule has 1 aromatic carbocycles. The monoisotopic (exact) mass is 353 g/mol. The van der Waals surface area contributed by atoms with Crippen LogP contribution in [0.1, 0.15) is 51.5 Å². The molecule has 1 aromatic rings. The van der Waals surface area contributed by atoms with E-state index in [0.29, 0.717) is 18.7 Å². The van der Waals surface area contributed by atoms with Gasteiger partial charge in [-0.25, -0.2) is 0 Å². The highest BCUT2D eigenvalue weighted by Gasteiger charge is 2.53. The maximum absolute atomic E-state index is 12.9. The maximum atomic E-state index is 12.9. The normalized spacial score (nSPS) is 29.1. The number of phenols is 1. The van der Waals surface area contributed by atoms with Crippen LogP contribution in [0.4, 0.5) is 0 Å². The van der Waals surface area contributed by atoms with Gasteiger partial charge in [0.25, 0.3) is 0 Å². The Kier molecular flexibility index (Phi) is 6.16. The van der Waals surface area contributed by atoms with Gasteiger partial charge in [0.2, 0.25) is 0 Å². The lowest BCUT2D eigenvalue weighted by Crippen LogP contribution is -2.53. The molecule has 2 bridgehead atoms. The molecule has 134 valence electrons. The Morgan fingerprint density at radius 2 is 1.96 bits per heavy atom. The van der Waals surface area contributed by atoms with E-state index < -0.39 is 5.41 Å². The largest absolute Gasteiger partial charge is 0.508 e. The summed E-state index contributed by atoms with van der Waals surface area (Å²) < 4.78 is 5.46. The minimum absolute atomic E-state index is 0. The van der Waals surface area contributed by atoms with Crippen molar-refractivity contribution >= 4 is 18.4 Å². The Morgan fingerprint density at radius 1 is 1.29 bits per heavy atom. The van der Waals surface area contributed by atoms with E-state index in [9.17, 15) is 9.90 Å². The number of phenolic OH excluding ortho intramolecular Hbond substituents is 1. The van der Waals surface area contributed by atoms with Gasteiger partial charge in [-0.1, -0.05) is 19.1 Å². The van der Waals surface area contributed by atoms with Gasteiger partial charge in [0.1, 0.15) is 5.75 Å². The summed E-state index contributed by atoms with van der Waals surface area (Å²) in [7, 11) is 0. The van der Waals surface area contributed by atoms with E-state index in [0.717, 1.165) is 44.2 Å². The Bertz CT molecular complexity index is 563. The number of piperidine rings is 1. The summed E-state index contributed by atoms with van der Waals surface area (Å²) in [6, 6.07) is 8.08. The molecule has 0 spiro atoms. The zero-order chi connectivity index (χ0) is 16.4. The summed E-state index contributed by atoms with van der Waals surface area (Å²) in [6.07, 6.45) is 5.05. The zero-order valence-electron chi connectivity index (χ0n) is 14.5. The lowest BCUT2D eigenvalue weighted by Gasteiger charge is -2.45. The van der Waals surface area contributed by atoms with Crippen LogP contribution in [0.2, 0.25) is 0 Å². The number of rotatable bonds is 5. The number of fused-ring (bicyclic) bond motifs is 2. The summed E-state index contributed by atoms with van der Waals surface area (Å²) in [5, 5.41) is 9.89. The van der Waals surface area contributed by atoms with E-state index in [1.165, 1.54) is 0 Å². The fourth-order valence-corrected chi connectivity index (χ4v) is 4.56. The van der Waals surface area contributed by atoms with E-state index in [1.54, 1.807) is 12.1 Å². The fraction of sp³-hybridized carbons (Fsp3) is 0.632. The van der Waals surface area contributed by atoms with E-state index in [1.807, 2.05) is 19.1 Å². The molecule has 2 aliphatic heterocycles. The molecular weight excluding hydrogens is 326 g/mol. The van der Waals surface area contributed by atoms with Crippen LogP contribution >= 0.6 is 12.4 Å². The van der Waals surface area contributed by atoms with Crippen LogP contribution in [-0.4, -0.2) is 41.2 Å². The molecule has 2 heterocycles. The number of aromatic hydroxyl groups is 1. The fourth-order valence-electron chi connectivity index (χ4n) is 4.56. The molecule has 0 saturated carbocycles. The summed E-state index contributed by atoms with van der Waals surface area (Å²) in [6.45, 7) is 5.57. The van der Waals surface area contributed by atoms with E-state index in [2.05, 4.69) is 11.8 Å². The van der Waals surface area contributed by atoms with Crippen molar-refractivity contribution < 1.29 is 14.6 Å². The molecule has 0 radical (unpaired) electrons. The lowest BCUT2D eigenvalue weighted by molar-refractivity contribution is -0.153. The van der Waals surface area contributed by atoms with E-state index in [-0.39, 0.29) is 24.1 Å². The second-order valence-electron chi connectivity index (χ2n) is 6.88. The number of benzene rings is 1. The van der Waals surface area contributed by atoms with Gasteiger partial charge in [-0.15, -0.1) is 12.4 Å². The minimum atomic E-state index is -0.606. The van der Waals surface area contributed by atoms with E-state index in [4.69, 9.17) is 4.74 Å². The van der Waals surface area contributed by atoms with Crippen molar-refractivity contribution in [2.45, 2.75) is 63.5 Å². The van der Waals surface area contributed by atoms with Crippen molar-refractivity contribution in [1.82, 2.24) is 4.90 Å². The molecule has 1 unspecified atom stereocenters. The highest BCUT2D eigenvalue weighted by atomic mass is 35.5. The summed E-state index contributed by atoms with van der Waals surface area (Å²) in [4.78, 5) is 15.5. The van der Waals surface area contributed by atoms with Crippen LogP contribution < -0.4 is 0 Å². The van der Waals surface area contributed by atoms with Gasteiger partial charge in [-0.3, -0.25) is 9.69 Å². The molecule has 4 nitrogen and oxygen atoms in total. The third kappa shape index (κ3) is 3.27. The molecule has 0 aliphatic carbocycles. The van der Waals surface area contributed by atoms with Crippen LogP contribution in [0, 0.1) is 0 Å². The lowest BCUT2D eigenvalue weighted by atomic mass is 9.69. The molecule has 0 aromatic heterocycles. The molecule has 3 atom stereocenters. The first-order chi connectivity index (χ1) is 11.1. The Morgan fingerprint density at radius 3 is 2.50 bits per heavy atom. The van der Waals surface area contributed by atoms with Crippen molar-refractivity contribution in [1.29, 1.82) is 0 Å². The predicted molar refractivity (Wildman–Crippen MR) is 96.7 cm³/mol. The number of hydrogen-bond donors (Lipinski definition) is 1. The van der Waals surface area contributed by atoms with Crippen LogP contribution in [-0.2, 0) is 14.9 Å². The number of nitrogens with zero attached hydrogens (tertiary/aromatic N) is 1. The van der Waals surface area contributed by atoms with Crippen molar-refractivity contribution in [3.05, 3.63) is 29.8 Å². The molecule has 2 saturated heterocycles. The molecule has 5 heteroatoms. The molecule has 0 amide bonds. The van der Waals surface area contributed by atoms with Gasteiger partial charge in [0.15, 0.2) is 0 Å². The summed E-state index contributed by atoms with van der Waals surface area (Å²) in [5.41, 5.74) is 0.300. The molecule has 24 heavy (non-hydrogen) atoms. The second kappa shape index (κ2) is 7.75. The van der Waals surface area contributed by atoms with Crippen molar-refractivity contribution in [2.75, 3.05) is 13.2 Å². The summed E-state index contributed by atoms with van der Waals surface area (Å²) in [5.74, 6) is 0.0909. The Balaban J connectivity index is 0.00000208. The number of ether oxygens (including phenoxy) is 1. The average molecular weight is 354 g/mol. The van der Waals surface area contributed by atoms with Crippen LogP contribution in [0.15, 0.2) is 24.3 Å². The zero-order valence-corrected chi connectivity index (χ0v) is 15.3. The van der Waals surface area contributed by atoms with Crippen molar-refractivity contribution in [2.24, 2.45) is 0 Å². The minimum Gasteiger partial charge on any atom is -0.508 e. The van der Waals surface area contributed by atoms with Crippen LogP contribution in [0.25, 0.3) is 0 Å². The highest BCUT2D eigenvalue weighted by Crippen LogP contribution is 2.48. The van der Waals surface area contributed by atoms with Crippen molar-refractivity contribution in [3.8, 4) is 5.75 Å². The van der Waals surface area contributed by atoms with Crippen LogP contribution in [0.5, 0.6) is 5.75 Å². The van der Waals surface area contributed by atoms with Gasteiger partial charge in [-0.2, -0.15) is 0 Å². The summed E-state index contributed by atoms with van der Waals surface area (Å²) >= 11 is 0. The second-order valence-corrected chi connectivity index (χ2v) is 6.88. The number of hydrogen-bond acceptors (Lipinski definition) is 4. The van der Waals surface area contributed by atoms with E-state index >= 15 is 0 Å². The molecule has 3 rings (SSSR count). The standard InChI is InChI=1S/C19H27NO3.ClH/c1-3-10-20-15-8-9-16(20)13-19(12-15,18(22)23-4-2)14-6-5-7-17(21)11-14;/h5-7,11,15-16,21H,3-4,8-10,12-13H2,1-2H3;1H/t15-,16+,19?;. The number of carbonyl (C=O) groups is 1. The first-order valence-electron chi connectivity index (χ1n) is 8.83. The van der Waals surface area contributed by atoms with Crippen molar-refractivity contribution in [3.63, 3.8) is 0 Å². The third-order valence-corrected chi connectivity index (χ3v) is 5.49. The first-order valence-corrected chi connectivity index (χ1v) is 8.83. The number of esters is 1. The predicted octanol–water partition coefficient (Wildman–Crippen LogP) is 3.65. The topological polar surface area (TPSA) is 49.8 Å². The Hall–Kier alpha value is -1.26. The quantitative estimate of drug-likeness (QED) is 0.821. The van der Waals surface area contributed by atoms with Crippen LogP contribution in [0.3, 0.4) is 0 Å². The maximum Gasteiger partial charge on any atom is 0.316 e. The first kappa shape index (κ1) is 19.1. The molecule has 2 aliphatic rings. The van der Waals surface area contributed by atoms with Gasteiger partial charge in [-0.05, 0) is 63.3 Å². The SMILES string of the molecule is CCCN1[C@@H]2CC[C@H]1CC(C(=O)OCC)(c1cccc(O)c1)C2.Cl. The van der Waals surface area contributed by atoms with Gasteiger partial charge in [0.05, 0.1) is 12.0 Å². The third-order valence-electron chi connectivity index (χ3n) is 5.49. The Labute approximate surface area is 150 Å². The average Bonchev–Trinajstić information content (AvgIpc) is 2.78. The molecular formula is C19H28ClNO3. The smallest absolute Gasteiger partial charge is 0.316 e. The van der Waals surface area contributed by atoms with Gasteiger partial charge in [0, 0.05) is 12.1 Å².